The number of carbonyl (C=O) groups is 2. The van der Waals surface area contributed by atoms with Crippen LogP contribution in [0.2, 0.25) is 5.02 Å². The van der Waals surface area contributed by atoms with Crippen LogP contribution in [0.5, 0.6) is 11.5 Å². The van der Waals surface area contributed by atoms with E-state index in [0.29, 0.717) is 42.5 Å². The molecule has 0 fully saturated rings. The van der Waals surface area contributed by atoms with Gasteiger partial charge >= 0.3 is 0 Å². The molecule has 31 heavy (non-hydrogen) atoms. The van der Waals surface area contributed by atoms with Crippen molar-refractivity contribution in [1.29, 1.82) is 0 Å². The first-order valence-electron chi connectivity index (χ1n) is 10.5. The van der Waals surface area contributed by atoms with Crippen LogP contribution in [-0.4, -0.2) is 43.5 Å². The zero-order valence-electron chi connectivity index (χ0n) is 18.6. The molecule has 1 N–H and O–H groups in total. The van der Waals surface area contributed by atoms with Crippen LogP contribution < -0.4 is 14.8 Å². The summed E-state index contributed by atoms with van der Waals surface area (Å²) in [5, 5.41) is 3.47. The first-order valence-corrected chi connectivity index (χ1v) is 10.8. The second-order valence-corrected chi connectivity index (χ2v) is 7.59. The lowest BCUT2D eigenvalue weighted by Gasteiger charge is -2.30. The third kappa shape index (κ3) is 6.89. The predicted molar refractivity (Wildman–Crippen MR) is 123 cm³/mol. The van der Waals surface area contributed by atoms with E-state index in [1.165, 1.54) is 0 Å². The number of aryl methyl sites for hydroxylation is 1. The lowest BCUT2D eigenvalue weighted by Crippen LogP contribution is -2.49. The lowest BCUT2D eigenvalue weighted by atomic mass is 10.1. The van der Waals surface area contributed by atoms with Crippen molar-refractivity contribution < 1.29 is 19.1 Å². The van der Waals surface area contributed by atoms with Gasteiger partial charge in [-0.1, -0.05) is 36.7 Å². The maximum absolute atomic E-state index is 13.2. The lowest BCUT2D eigenvalue weighted by molar-refractivity contribution is -0.141. The van der Waals surface area contributed by atoms with Gasteiger partial charge in [0.15, 0.2) is 11.5 Å². The van der Waals surface area contributed by atoms with Crippen LogP contribution in [-0.2, 0) is 22.6 Å². The van der Waals surface area contributed by atoms with E-state index in [1.807, 2.05) is 44.2 Å². The molecule has 2 amide bonds. The number of hydrogen-bond donors (Lipinski definition) is 1. The summed E-state index contributed by atoms with van der Waals surface area (Å²) in [6.45, 7) is 4.64. The van der Waals surface area contributed by atoms with Gasteiger partial charge in [0.05, 0.1) is 14.2 Å². The molecule has 0 unspecified atom stereocenters. The normalized spacial score (nSPS) is 11.5. The molecular weight excluding hydrogens is 416 g/mol. The molecule has 0 aromatic heterocycles. The minimum Gasteiger partial charge on any atom is -0.493 e. The minimum absolute atomic E-state index is 0.0807. The molecule has 2 rings (SSSR count). The minimum atomic E-state index is -0.534. The van der Waals surface area contributed by atoms with Crippen LogP contribution in [0.4, 0.5) is 0 Å². The summed E-state index contributed by atoms with van der Waals surface area (Å²) < 4.78 is 10.6. The van der Waals surface area contributed by atoms with E-state index >= 15 is 0 Å². The van der Waals surface area contributed by atoms with Gasteiger partial charge in [-0.15, -0.1) is 0 Å². The molecule has 0 saturated carbocycles. The predicted octanol–water partition coefficient (Wildman–Crippen LogP) is 4.23. The number of nitrogens with one attached hydrogen (secondary N) is 1. The Kier molecular flexibility index (Phi) is 9.66. The van der Waals surface area contributed by atoms with E-state index in [1.54, 1.807) is 31.3 Å². The average molecular weight is 447 g/mol. The number of hydrogen-bond acceptors (Lipinski definition) is 4. The van der Waals surface area contributed by atoms with E-state index in [4.69, 9.17) is 21.1 Å². The van der Waals surface area contributed by atoms with Crippen LogP contribution in [0.3, 0.4) is 0 Å². The van der Waals surface area contributed by atoms with Crippen molar-refractivity contribution >= 4 is 23.4 Å². The number of likely N-dealkylation sites (N-methyl/N-ethyl adjacent to an activating group) is 1. The van der Waals surface area contributed by atoms with Crippen molar-refractivity contribution in [2.24, 2.45) is 0 Å². The van der Waals surface area contributed by atoms with Crippen molar-refractivity contribution in [3.63, 3.8) is 0 Å². The van der Waals surface area contributed by atoms with Gasteiger partial charge in [-0.2, -0.15) is 0 Å². The number of rotatable bonds is 11. The molecule has 7 heteroatoms. The highest BCUT2D eigenvalue weighted by Crippen LogP contribution is 2.28. The molecule has 0 saturated heterocycles. The van der Waals surface area contributed by atoms with Gasteiger partial charge < -0.3 is 19.7 Å². The van der Waals surface area contributed by atoms with Gasteiger partial charge in [0.1, 0.15) is 6.04 Å². The molecule has 168 valence electrons. The summed E-state index contributed by atoms with van der Waals surface area (Å²) in [6, 6.07) is 12.4. The van der Waals surface area contributed by atoms with Crippen LogP contribution in [0.15, 0.2) is 42.5 Å². The fraction of sp³-hybridized carbons (Fsp3) is 0.417. The maximum Gasteiger partial charge on any atom is 0.242 e. The molecule has 0 aliphatic rings. The zero-order chi connectivity index (χ0) is 22.8. The second kappa shape index (κ2) is 12.2. The van der Waals surface area contributed by atoms with E-state index in [-0.39, 0.29) is 18.2 Å². The molecule has 0 spiro atoms. The molecule has 0 radical (unpaired) electrons. The largest absolute Gasteiger partial charge is 0.493 e. The second-order valence-electron chi connectivity index (χ2n) is 7.16. The topological polar surface area (TPSA) is 67.9 Å². The van der Waals surface area contributed by atoms with Gasteiger partial charge in [0.25, 0.3) is 0 Å². The smallest absolute Gasteiger partial charge is 0.242 e. The molecule has 0 aliphatic carbocycles. The number of ether oxygens (including phenoxy) is 2. The molecule has 0 aliphatic heterocycles. The molecular formula is C24H31ClN2O4. The molecule has 0 heterocycles. The zero-order valence-corrected chi connectivity index (χ0v) is 19.4. The Labute approximate surface area is 189 Å². The van der Waals surface area contributed by atoms with Crippen molar-refractivity contribution in [1.82, 2.24) is 10.2 Å². The monoisotopic (exact) mass is 446 g/mol. The molecule has 0 bridgehead atoms. The van der Waals surface area contributed by atoms with Crippen molar-refractivity contribution in [3.05, 3.63) is 58.6 Å². The first kappa shape index (κ1) is 24.5. The number of methoxy groups -OCH3 is 2. The highest BCUT2D eigenvalue weighted by atomic mass is 35.5. The Morgan fingerprint density at radius 2 is 1.65 bits per heavy atom. The Hall–Kier alpha value is -2.73. The number of nitrogens with zero attached hydrogens (tertiary/aromatic N) is 1. The van der Waals surface area contributed by atoms with Crippen LogP contribution in [0.1, 0.15) is 37.8 Å². The Morgan fingerprint density at radius 3 is 2.23 bits per heavy atom. The highest BCUT2D eigenvalue weighted by Gasteiger charge is 2.28. The molecule has 2 aromatic carbocycles. The van der Waals surface area contributed by atoms with Crippen LogP contribution in [0.25, 0.3) is 0 Å². The third-order valence-corrected chi connectivity index (χ3v) is 5.33. The third-order valence-electron chi connectivity index (χ3n) is 5.08. The molecule has 2 aromatic rings. The Morgan fingerprint density at radius 1 is 1.00 bits per heavy atom. The van der Waals surface area contributed by atoms with Gasteiger partial charge in [-0.25, -0.2) is 0 Å². The van der Waals surface area contributed by atoms with Gasteiger partial charge in [0.2, 0.25) is 11.8 Å². The Balaban J connectivity index is 2.20. The number of carbonyl (C=O) groups excluding carboxylic acids is 2. The summed E-state index contributed by atoms with van der Waals surface area (Å²) in [6.07, 6.45) is 1.34. The number of halogens is 1. The number of amides is 2. The first-order chi connectivity index (χ1) is 14.9. The molecule has 6 nitrogen and oxygen atoms in total. The van der Waals surface area contributed by atoms with Crippen molar-refractivity contribution in [3.8, 4) is 11.5 Å². The van der Waals surface area contributed by atoms with E-state index in [2.05, 4.69) is 5.32 Å². The van der Waals surface area contributed by atoms with Crippen molar-refractivity contribution in [2.45, 2.75) is 45.7 Å². The quantitative estimate of drug-likeness (QED) is 0.560. The van der Waals surface area contributed by atoms with E-state index < -0.39 is 6.04 Å². The standard InChI is InChI=1S/C24H31ClN2O4/c1-5-20(24(29)26-6-2)27(16-18-7-11-19(25)12-8-18)23(28)14-10-17-9-13-21(30-3)22(15-17)31-4/h7-9,11-13,15,20H,5-6,10,14,16H2,1-4H3,(H,26,29)/t20-/m0/s1. The average Bonchev–Trinajstić information content (AvgIpc) is 2.78. The fourth-order valence-electron chi connectivity index (χ4n) is 3.43. The van der Waals surface area contributed by atoms with Gasteiger partial charge in [-0.3, -0.25) is 9.59 Å². The number of benzene rings is 2. The summed E-state index contributed by atoms with van der Waals surface area (Å²) >= 11 is 5.99. The van der Waals surface area contributed by atoms with Gasteiger partial charge in [-0.05, 0) is 55.2 Å². The van der Waals surface area contributed by atoms with Crippen LogP contribution in [0, 0.1) is 0 Å². The summed E-state index contributed by atoms with van der Waals surface area (Å²) in [5.41, 5.74) is 1.88. The van der Waals surface area contributed by atoms with Crippen LogP contribution >= 0.6 is 11.6 Å². The van der Waals surface area contributed by atoms with Crippen molar-refractivity contribution in [2.75, 3.05) is 20.8 Å². The SMILES string of the molecule is CCNC(=O)[C@H](CC)N(Cc1ccc(Cl)cc1)C(=O)CCc1ccc(OC)c(OC)c1. The Bertz CT molecular complexity index is 870. The molecule has 1 atom stereocenters. The van der Waals surface area contributed by atoms with E-state index in [9.17, 15) is 9.59 Å². The van der Waals surface area contributed by atoms with E-state index in [0.717, 1.165) is 11.1 Å². The van der Waals surface area contributed by atoms with Gasteiger partial charge in [0, 0.05) is 24.5 Å². The summed E-state index contributed by atoms with van der Waals surface area (Å²) in [7, 11) is 3.17. The summed E-state index contributed by atoms with van der Waals surface area (Å²) in [5.74, 6) is 1.05. The maximum atomic E-state index is 13.2. The fourth-order valence-corrected chi connectivity index (χ4v) is 3.56. The highest BCUT2D eigenvalue weighted by molar-refractivity contribution is 6.30. The summed E-state index contributed by atoms with van der Waals surface area (Å²) in [4.78, 5) is 27.5.